The topological polar surface area (TPSA) is 72.8 Å². The lowest BCUT2D eigenvalue weighted by Crippen LogP contribution is -2.38. The van der Waals surface area contributed by atoms with E-state index in [-0.39, 0.29) is 22.6 Å². The number of hydrogen-bond acceptors (Lipinski definition) is 5. The summed E-state index contributed by atoms with van der Waals surface area (Å²) in [5.74, 6) is -2.55. The van der Waals surface area contributed by atoms with Crippen LogP contribution in [0.3, 0.4) is 0 Å². The van der Waals surface area contributed by atoms with Crippen LogP contribution >= 0.6 is 11.6 Å². The lowest BCUT2D eigenvalue weighted by Gasteiger charge is -2.38. The third-order valence-corrected chi connectivity index (χ3v) is 6.02. The van der Waals surface area contributed by atoms with Crippen molar-refractivity contribution < 1.29 is 28.6 Å². The third kappa shape index (κ3) is 4.26. The van der Waals surface area contributed by atoms with Crippen molar-refractivity contribution in [2.24, 2.45) is 5.92 Å². The van der Waals surface area contributed by atoms with Crippen molar-refractivity contribution in [3.8, 4) is 0 Å². The molecule has 1 aliphatic heterocycles. The van der Waals surface area contributed by atoms with Crippen LogP contribution < -0.4 is 0 Å². The van der Waals surface area contributed by atoms with Gasteiger partial charge in [0.15, 0.2) is 5.78 Å². The Kier molecular flexibility index (Phi) is 6.91. The number of halogens is 2. The van der Waals surface area contributed by atoms with Crippen LogP contribution in [0.25, 0.3) is 0 Å². The second-order valence-corrected chi connectivity index (χ2v) is 7.81. The summed E-state index contributed by atoms with van der Waals surface area (Å²) in [4.78, 5) is 25.4. The van der Waals surface area contributed by atoms with E-state index in [2.05, 4.69) is 0 Å². The summed E-state index contributed by atoms with van der Waals surface area (Å²) in [5.41, 5.74) is -1.52. The predicted molar refractivity (Wildman–Crippen MR) is 110 cm³/mol. The molecule has 1 atom stereocenters. The van der Waals surface area contributed by atoms with E-state index in [1.54, 1.807) is 6.92 Å². The highest BCUT2D eigenvalue weighted by Crippen LogP contribution is 2.40. The molecule has 1 heterocycles. The zero-order chi connectivity index (χ0) is 21.9. The number of ether oxygens (including phenoxy) is 2. The van der Waals surface area contributed by atoms with E-state index in [1.165, 1.54) is 30.3 Å². The minimum absolute atomic E-state index is 0.154. The van der Waals surface area contributed by atoms with Crippen LogP contribution in [0.1, 0.15) is 58.0 Å². The van der Waals surface area contributed by atoms with Gasteiger partial charge in [0, 0.05) is 23.8 Å². The zero-order valence-corrected chi connectivity index (χ0v) is 17.7. The lowest BCUT2D eigenvalue weighted by molar-refractivity contribution is -0.0732. The Morgan fingerprint density at radius 2 is 1.87 bits per heavy atom. The number of benzene rings is 2. The maximum absolute atomic E-state index is 15.3. The molecule has 160 valence electrons. The third-order valence-electron chi connectivity index (χ3n) is 5.76. The van der Waals surface area contributed by atoms with Crippen molar-refractivity contribution >= 4 is 23.4 Å². The van der Waals surface area contributed by atoms with Crippen LogP contribution in [0.5, 0.6) is 0 Å². The first kappa shape index (κ1) is 22.4. The largest absolute Gasteiger partial charge is 0.465 e. The van der Waals surface area contributed by atoms with E-state index < -0.39 is 28.7 Å². The van der Waals surface area contributed by atoms with Crippen LogP contribution in [0, 0.1) is 11.7 Å². The Balaban J connectivity index is 2.12. The van der Waals surface area contributed by atoms with Crippen molar-refractivity contribution in [1.29, 1.82) is 0 Å². The van der Waals surface area contributed by atoms with Crippen molar-refractivity contribution in [2.75, 3.05) is 20.3 Å². The van der Waals surface area contributed by atoms with Gasteiger partial charge in [0.05, 0.1) is 23.8 Å². The second-order valence-electron chi connectivity index (χ2n) is 7.37. The summed E-state index contributed by atoms with van der Waals surface area (Å²) in [7, 11) is 1.16. The maximum atomic E-state index is 15.3. The molecule has 5 nitrogen and oxygen atoms in total. The van der Waals surface area contributed by atoms with Crippen LogP contribution in [-0.4, -0.2) is 37.2 Å². The summed E-state index contributed by atoms with van der Waals surface area (Å²) in [6.07, 6.45) is 1.55. The van der Waals surface area contributed by atoms with Gasteiger partial charge >= 0.3 is 5.97 Å². The van der Waals surface area contributed by atoms with Gasteiger partial charge in [-0.2, -0.15) is 0 Å². The quantitative estimate of drug-likeness (QED) is 0.534. The SMILES string of the molecule is CCC(O)(c1cc(F)c(C(=O)c2ccc(Cl)cc2)c(C(=O)OC)c1)C1CCOCC1. The van der Waals surface area contributed by atoms with Crippen molar-refractivity contribution in [3.05, 3.63) is 69.5 Å². The molecule has 0 saturated carbocycles. The number of rotatable bonds is 6. The van der Waals surface area contributed by atoms with E-state index in [0.717, 1.165) is 13.2 Å². The molecule has 1 unspecified atom stereocenters. The Morgan fingerprint density at radius 3 is 2.43 bits per heavy atom. The summed E-state index contributed by atoms with van der Waals surface area (Å²) in [6, 6.07) is 8.47. The number of ketones is 1. The molecule has 30 heavy (non-hydrogen) atoms. The maximum Gasteiger partial charge on any atom is 0.338 e. The van der Waals surface area contributed by atoms with E-state index in [0.29, 0.717) is 37.5 Å². The molecule has 0 aliphatic carbocycles. The lowest BCUT2D eigenvalue weighted by atomic mass is 9.74. The molecule has 1 saturated heterocycles. The normalized spacial score (nSPS) is 16.7. The first-order chi connectivity index (χ1) is 14.3. The Labute approximate surface area is 179 Å². The summed E-state index contributed by atoms with van der Waals surface area (Å²) in [5, 5.41) is 11.9. The van der Waals surface area contributed by atoms with Gasteiger partial charge in [-0.3, -0.25) is 4.79 Å². The Morgan fingerprint density at radius 1 is 1.23 bits per heavy atom. The minimum Gasteiger partial charge on any atom is -0.465 e. The molecule has 1 aliphatic rings. The first-order valence-electron chi connectivity index (χ1n) is 9.84. The van der Waals surface area contributed by atoms with Gasteiger partial charge in [0.25, 0.3) is 0 Å². The number of carbonyl (C=O) groups is 2. The fourth-order valence-electron chi connectivity index (χ4n) is 4.01. The van der Waals surface area contributed by atoms with E-state index in [9.17, 15) is 14.7 Å². The van der Waals surface area contributed by atoms with Gasteiger partial charge in [-0.05, 0) is 67.1 Å². The fraction of sp³-hybridized carbons (Fsp3) is 0.391. The van der Waals surface area contributed by atoms with Crippen LogP contribution in [0.15, 0.2) is 36.4 Å². The van der Waals surface area contributed by atoms with Gasteiger partial charge in [0.1, 0.15) is 5.82 Å². The number of methoxy groups -OCH3 is 1. The monoisotopic (exact) mass is 434 g/mol. The highest BCUT2D eigenvalue weighted by molar-refractivity contribution is 6.30. The average molecular weight is 435 g/mol. The Hall–Kier alpha value is -2.28. The van der Waals surface area contributed by atoms with Crippen molar-refractivity contribution in [1.82, 2.24) is 0 Å². The molecule has 1 fully saturated rings. The van der Waals surface area contributed by atoms with Gasteiger partial charge in [-0.15, -0.1) is 0 Å². The zero-order valence-electron chi connectivity index (χ0n) is 16.9. The van der Waals surface area contributed by atoms with Crippen molar-refractivity contribution in [3.63, 3.8) is 0 Å². The average Bonchev–Trinajstić information content (AvgIpc) is 2.78. The van der Waals surface area contributed by atoms with Crippen LogP contribution in [0.2, 0.25) is 5.02 Å². The molecule has 0 spiro atoms. The first-order valence-corrected chi connectivity index (χ1v) is 10.2. The van der Waals surface area contributed by atoms with Gasteiger partial charge < -0.3 is 14.6 Å². The molecule has 2 aromatic rings. The second kappa shape index (κ2) is 9.25. The molecule has 1 N–H and O–H groups in total. The standard InChI is InChI=1S/C23H24ClFO5/c1-3-23(28,15-8-10-30-11-9-15)16-12-18(22(27)29-2)20(19(25)13-16)21(26)14-4-6-17(24)7-5-14/h4-7,12-13,15,28H,3,8-11H2,1-2H3. The summed E-state index contributed by atoms with van der Waals surface area (Å²) < 4.78 is 25.4. The molecule has 0 radical (unpaired) electrons. The smallest absolute Gasteiger partial charge is 0.338 e. The molecular formula is C23H24ClFO5. The van der Waals surface area contributed by atoms with Gasteiger partial charge in [-0.25, -0.2) is 9.18 Å². The van der Waals surface area contributed by atoms with E-state index >= 15 is 4.39 Å². The fourth-order valence-corrected chi connectivity index (χ4v) is 4.13. The van der Waals surface area contributed by atoms with E-state index in [1.807, 2.05) is 0 Å². The highest BCUT2D eigenvalue weighted by Gasteiger charge is 2.39. The molecular weight excluding hydrogens is 411 g/mol. The number of carbonyl (C=O) groups excluding carboxylic acids is 2. The molecule has 0 amide bonds. The van der Waals surface area contributed by atoms with Crippen LogP contribution in [-0.2, 0) is 15.1 Å². The predicted octanol–water partition coefficient (Wildman–Crippen LogP) is 4.52. The molecule has 0 aromatic heterocycles. The Bertz CT molecular complexity index is 937. The van der Waals surface area contributed by atoms with Crippen LogP contribution in [0.4, 0.5) is 4.39 Å². The number of hydrogen-bond donors (Lipinski definition) is 1. The molecule has 2 aromatic carbocycles. The highest BCUT2D eigenvalue weighted by atomic mass is 35.5. The minimum atomic E-state index is -1.35. The summed E-state index contributed by atoms with van der Waals surface area (Å²) in [6.45, 7) is 2.82. The van der Waals surface area contributed by atoms with E-state index in [4.69, 9.17) is 21.1 Å². The molecule has 3 rings (SSSR count). The van der Waals surface area contributed by atoms with Crippen molar-refractivity contribution in [2.45, 2.75) is 31.8 Å². The molecule has 7 heteroatoms. The summed E-state index contributed by atoms with van der Waals surface area (Å²) >= 11 is 5.86. The van der Waals surface area contributed by atoms with Gasteiger partial charge in [-0.1, -0.05) is 18.5 Å². The number of aliphatic hydroxyl groups is 1. The number of esters is 1. The van der Waals surface area contributed by atoms with Gasteiger partial charge in [0.2, 0.25) is 0 Å². The molecule has 0 bridgehead atoms.